The van der Waals surface area contributed by atoms with Crippen molar-refractivity contribution in [2.24, 2.45) is 0 Å². The van der Waals surface area contributed by atoms with Crippen molar-refractivity contribution in [3.8, 4) is 0 Å². The molecule has 2 aromatic heterocycles. The quantitative estimate of drug-likeness (QED) is 0.271. The summed E-state index contributed by atoms with van der Waals surface area (Å²) in [5, 5.41) is 11.8. The Morgan fingerprint density at radius 3 is 2.36 bits per heavy atom. The van der Waals surface area contributed by atoms with E-state index in [-0.39, 0.29) is 41.6 Å². The molecule has 44 heavy (non-hydrogen) atoms. The number of anilines is 1. The molecule has 16 heteroatoms. The van der Waals surface area contributed by atoms with Crippen LogP contribution in [0.3, 0.4) is 0 Å². The van der Waals surface area contributed by atoms with Gasteiger partial charge in [0.2, 0.25) is 5.91 Å². The molecule has 3 amide bonds. The van der Waals surface area contributed by atoms with Crippen molar-refractivity contribution in [1.29, 1.82) is 0 Å². The molecule has 0 aliphatic carbocycles. The number of amides is 3. The second-order valence-corrected chi connectivity index (χ2v) is 9.97. The molecule has 0 aliphatic rings. The molecule has 1 atom stereocenters. The fraction of sp³-hybridized carbons (Fsp3) is 0.321. The van der Waals surface area contributed by atoms with Crippen LogP contribution >= 0.6 is 0 Å². The van der Waals surface area contributed by atoms with E-state index in [4.69, 9.17) is 4.74 Å². The summed E-state index contributed by atoms with van der Waals surface area (Å²) in [6, 6.07) is 4.49. The Labute approximate surface area is 247 Å². The number of allylic oxidation sites excluding steroid dienone is 1. The van der Waals surface area contributed by atoms with Crippen LogP contribution in [0.5, 0.6) is 0 Å². The first-order valence-electron chi connectivity index (χ1n) is 12.9. The normalized spacial score (nSPS) is 12.3. The minimum absolute atomic E-state index is 0.0551. The molecule has 1 aromatic carbocycles. The van der Waals surface area contributed by atoms with Crippen LogP contribution < -0.4 is 10.9 Å². The van der Waals surface area contributed by atoms with E-state index in [1.54, 1.807) is 14.1 Å². The van der Waals surface area contributed by atoms with Gasteiger partial charge in [-0.05, 0) is 49.2 Å². The lowest BCUT2D eigenvalue weighted by Crippen LogP contribution is -2.37. The molecule has 3 aromatic rings. The van der Waals surface area contributed by atoms with Crippen LogP contribution in [0.25, 0.3) is 10.9 Å². The lowest BCUT2D eigenvalue weighted by Gasteiger charge is -2.20. The zero-order valence-corrected chi connectivity index (χ0v) is 24.0. The molecular weight excluding hydrogens is 594 g/mol. The molecule has 0 saturated carbocycles. The number of pyridine rings is 1. The number of hydrogen-bond acceptors (Lipinski definition) is 6. The number of nitrogens with zero attached hydrogens (tertiary/aromatic N) is 4. The number of halogens is 4. The molecule has 12 nitrogen and oxygen atoms in total. The van der Waals surface area contributed by atoms with E-state index >= 15 is 0 Å². The number of aromatic nitrogens is 2. The molecule has 2 heterocycles. The van der Waals surface area contributed by atoms with E-state index in [1.165, 1.54) is 49.5 Å². The predicted molar refractivity (Wildman–Crippen MR) is 150 cm³/mol. The van der Waals surface area contributed by atoms with Gasteiger partial charge in [0.15, 0.2) is 6.10 Å². The van der Waals surface area contributed by atoms with Crippen molar-refractivity contribution in [2.45, 2.75) is 31.7 Å². The molecule has 0 radical (unpaired) electrons. The van der Waals surface area contributed by atoms with E-state index in [0.717, 1.165) is 21.6 Å². The summed E-state index contributed by atoms with van der Waals surface area (Å²) in [5.41, 5.74) is -3.76. The summed E-state index contributed by atoms with van der Waals surface area (Å²) in [6.45, 7) is -0.563. The zero-order chi connectivity index (χ0) is 32.9. The van der Waals surface area contributed by atoms with E-state index in [9.17, 15) is 46.6 Å². The Balaban J connectivity index is 1.93. The van der Waals surface area contributed by atoms with Crippen LogP contribution in [0.4, 0.5) is 32.8 Å². The van der Waals surface area contributed by atoms with Gasteiger partial charge in [-0.25, -0.2) is 18.5 Å². The van der Waals surface area contributed by atoms with Crippen molar-refractivity contribution >= 4 is 40.6 Å². The van der Waals surface area contributed by atoms with Gasteiger partial charge in [0.25, 0.3) is 11.5 Å². The molecule has 236 valence electrons. The van der Waals surface area contributed by atoms with Gasteiger partial charge in [-0.15, -0.1) is 0 Å². The topological polar surface area (TPSA) is 143 Å². The van der Waals surface area contributed by atoms with Gasteiger partial charge in [-0.2, -0.15) is 13.2 Å². The summed E-state index contributed by atoms with van der Waals surface area (Å²) in [6.07, 6.45) is -5.03. The lowest BCUT2D eigenvalue weighted by atomic mass is 10.1. The third-order valence-electron chi connectivity index (χ3n) is 6.24. The third-order valence-corrected chi connectivity index (χ3v) is 6.24. The summed E-state index contributed by atoms with van der Waals surface area (Å²) < 4.78 is 61.4. The SMILES string of the molecule is CN(C)C(=O)/C=C/CCC(OC(=O)N(C)C)C(=O)Nc1cccn(Cc2cc3cc(F)cc(C(F)(F)F)c3n2C(=O)O)c1=O. The van der Waals surface area contributed by atoms with Gasteiger partial charge < -0.3 is 29.5 Å². The third kappa shape index (κ3) is 7.81. The van der Waals surface area contributed by atoms with E-state index in [1.807, 2.05) is 0 Å². The van der Waals surface area contributed by atoms with Crippen LogP contribution in [-0.4, -0.2) is 82.3 Å². The fourth-order valence-electron chi connectivity index (χ4n) is 4.11. The Bertz CT molecular complexity index is 1670. The van der Waals surface area contributed by atoms with Crippen LogP contribution in [0.1, 0.15) is 24.1 Å². The molecule has 0 saturated heterocycles. The summed E-state index contributed by atoms with van der Waals surface area (Å²) in [4.78, 5) is 64.6. The van der Waals surface area contributed by atoms with Crippen molar-refractivity contribution in [3.05, 3.63) is 76.1 Å². The van der Waals surface area contributed by atoms with Gasteiger partial charge in [-0.3, -0.25) is 14.4 Å². The first kappa shape index (κ1) is 33.4. The Morgan fingerprint density at radius 2 is 1.77 bits per heavy atom. The number of ether oxygens (including phenoxy) is 1. The van der Waals surface area contributed by atoms with E-state index in [2.05, 4.69) is 5.32 Å². The second kappa shape index (κ2) is 13.4. The summed E-state index contributed by atoms with van der Waals surface area (Å²) in [5.74, 6) is -2.42. The number of benzene rings is 1. The maximum Gasteiger partial charge on any atom is 0.418 e. The van der Waals surface area contributed by atoms with Crippen LogP contribution in [0.15, 0.2) is 53.5 Å². The molecule has 3 rings (SSSR count). The highest BCUT2D eigenvalue weighted by Gasteiger charge is 2.36. The number of carbonyl (C=O) groups excluding carboxylic acids is 3. The van der Waals surface area contributed by atoms with Crippen molar-refractivity contribution in [1.82, 2.24) is 18.9 Å². The highest BCUT2D eigenvalue weighted by atomic mass is 19.4. The molecular formula is C28H29F4N5O7. The number of hydrogen-bond donors (Lipinski definition) is 2. The highest BCUT2D eigenvalue weighted by Crippen LogP contribution is 2.37. The number of rotatable bonds is 9. The number of nitrogens with one attached hydrogen (secondary N) is 1. The van der Waals surface area contributed by atoms with Gasteiger partial charge >= 0.3 is 18.4 Å². The molecule has 2 N–H and O–H groups in total. The van der Waals surface area contributed by atoms with Gasteiger partial charge in [-0.1, -0.05) is 6.08 Å². The van der Waals surface area contributed by atoms with Crippen molar-refractivity contribution in [3.63, 3.8) is 0 Å². The smallest absolute Gasteiger partial charge is 0.418 e. The van der Waals surface area contributed by atoms with Crippen LogP contribution in [0, 0.1) is 5.82 Å². The van der Waals surface area contributed by atoms with Crippen LogP contribution in [-0.2, 0) is 27.0 Å². The fourth-order valence-corrected chi connectivity index (χ4v) is 4.11. The molecule has 0 aliphatic heterocycles. The van der Waals surface area contributed by atoms with Gasteiger partial charge in [0.1, 0.15) is 11.5 Å². The van der Waals surface area contributed by atoms with Crippen molar-refractivity contribution < 1.29 is 46.6 Å². The van der Waals surface area contributed by atoms with Gasteiger partial charge in [0, 0.05) is 39.8 Å². The van der Waals surface area contributed by atoms with Crippen molar-refractivity contribution in [2.75, 3.05) is 33.5 Å². The first-order valence-corrected chi connectivity index (χ1v) is 12.9. The highest BCUT2D eigenvalue weighted by molar-refractivity contribution is 5.95. The molecule has 0 spiro atoms. The molecule has 0 bridgehead atoms. The molecule has 1 unspecified atom stereocenters. The Hall–Kier alpha value is -5.15. The largest absolute Gasteiger partial charge is 0.464 e. The van der Waals surface area contributed by atoms with Crippen LogP contribution in [0.2, 0.25) is 0 Å². The van der Waals surface area contributed by atoms with E-state index in [0.29, 0.717) is 4.57 Å². The second-order valence-electron chi connectivity index (χ2n) is 9.97. The predicted octanol–water partition coefficient (Wildman–Crippen LogP) is 3.97. The number of fused-ring (bicyclic) bond motifs is 1. The molecule has 0 fully saturated rings. The van der Waals surface area contributed by atoms with E-state index < -0.39 is 59.4 Å². The summed E-state index contributed by atoms with van der Waals surface area (Å²) in [7, 11) is 5.89. The first-order chi connectivity index (χ1) is 20.5. The Morgan fingerprint density at radius 1 is 1.09 bits per heavy atom. The average Bonchev–Trinajstić information content (AvgIpc) is 3.28. The number of alkyl halides is 3. The zero-order valence-electron chi connectivity index (χ0n) is 24.0. The Kier molecular flexibility index (Phi) is 10.2. The number of carboxylic acid groups (broad SMARTS) is 1. The van der Waals surface area contributed by atoms with Gasteiger partial charge in [0.05, 0.1) is 23.3 Å². The number of likely N-dealkylation sites (N-methyl/N-ethyl adjacent to an activating group) is 1. The summed E-state index contributed by atoms with van der Waals surface area (Å²) >= 11 is 0. The standard InChI is InChI=1S/C28H29F4N5O7/c1-34(2)22(38)10-6-5-9-21(44-27(43)35(3)4)24(39)33-20-8-7-11-36(25(20)40)15-18-13-16-12-17(29)14-19(28(30,31)32)23(16)37(18)26(41)42/h6-8,10-14,21H,5,9,15H2,1-4H3,(H,33,39)(H,41,42)/b10-6+. The average molecular weight is 624 g/mol. The lowest BCUT2D eigenvalue weighted by molar-refractivity contribution is -0.136. The minimum atomic E-state index is -5.07. The monoisotopic (exact) mass is 623 g/mol. The number of carbonyl (C=O) groups is 4. The minimum Gasteiger partial charge on any atom is -0.464 e. The maximum absolute atomic E-state index is 14.0. The maximum atomic E-state index is 14.0.